The number of fused-ring (bicyclic) bond motifs is 3. The van der Waals surface area contributed by atoms with E-state index in [0.717, 1.165) is 35.2 Å². The fourth-order valence-corrected chi connectivity index (χ4v) is 4.80. The molecule has 0 atom stereocenters. The minimum atomic E-state index is -0.366. The smallest absolute Gasteiger partial charge is 0.308 e. The summed E-state index contributed by atoms with van der Waals surface area (Å²) in [7, 11) is 0. The molecular weight excluding hydrogens is 410 g/mol. The fourth-order valence-electron chi connectivity index (χ4n) is 4.80. The molecule has 2 aliphatic heterocycles. The molecule has 4 nitrogen and oxygen atoms in total. The largest absolute Gasteiger partial charge is 0.483 e. The van der Waals surface area contributed by atoms with Crippen molar-refractivity contribution in [2.45, 2.75) is 78.4 Å². The number of ether oxygens (including phenoxy) is 2. The van der Waals surface area contributed by atoms with E-state index in [9.17, 15) is 4.79 Å². The van der Waals surface area contributed by atoms with Gasteiger partial charge in [0.15, 0.2) is 11.5 Å². The Morgan fingerprint density at radius 3 is 2.29 bits per heavy atom. The summed E-state index contributed by atoms with van der Waals surface area (Å²) in [6.07, 6.45) is 1.55. The van der Waals surface area contributed by atoms with E-state index in [1.807, 2.05) is 6.07 Å². The predicted octanol–water partition coefficient (Wildman–Crippen LogP) is 6.04. The Bertz CT molecular complexity index is 1050. The number of benzene rings is 2. The van der Waals surface area contributed by atoms with E-state index in [2.05, 4.69) is 65.8 Å². The van der Waals surface area contributed by atoms with Gasteiger partial charge in [-0.2, -0.15) is 0 Å². The van der Waals surface area contributed by atoms with Gasteiger partial charge >= 0.3 is 5.97 Å². The van der Waals surface area contributed by atoms with Crippen LogP contribution < -0.4 is 9.47 Å². The van der Waals surface area contributed by atoms with Gasteiger partial charge in [-0.25, -0.2) is 0 Å². The lowest BCUT2D eigenvalue weighted by Crippen LogP contribution is -2.32. The molecule has 0 radical (unpaired) electrons. The molecule has 2 heterocycles. The van der Waals surface area contributed by atoms with Gasteiger partial charge in [-0.15, -0.1) is 12.4 Å². The van der Waals surface area contributed by atoms with Gasteiger partial charge in [0.1, 0.15) is 5.60 Å². The molecule has 0 saturated heterocycles. The second-order valence-corrected chi connectivity index (χ2v) is 10.0. The van der Waals surface area contributed by atoms with Gasteiger partial charge in [0.05, 0.1) is 11.3 Å². The third-order valence-electron chi connectivity index (χ3n) is 5.77. The zero-order valence-electron chi connectivity index (χ0n) is 19.5. The van der Waals surface area contributed by atoms with E-state index in [1.165, 1.54) is 18.1 Å². The molecule has 0 fully saturated rings. The van der Waals surface area contributed by atoms with Gasteiger partial charge in [0.25, 0.3) is 0 Å². The van der Waals surface area contributed by atoms with Crippen molar-refractivity contribution in [3.05, 3.63) is 58.1 Å². The maximum atomic E-state index is 12.0. The molecule has 0 N–H and O–H groups in total. The molecular formula is C26H32ClNO3. The molecule has 0 saturated carbocycles. The topological polar surface area (TPSA) is 47.9 Å². The van der Waals surface area contributed by atoms with Crippen LogP contribution in [0.25, 0.3) is 0 Å². The number of hydrogen-bond acceptors (Lipinski definition) is 4. The summed E-state index contributed by atoms with van der Waals surface area (Å²) in [5, 5.41) is 0. The highest BCUT2D eigenvalue weighted by Gasteiger charge is 2.42. The van der Waals surface area contributed by atoms with Crippen molar-refractivity contribution in [3.8, 4) is 11.5 Å². The minimum absolute atomic E-state index is 0. The third-order valence-corrected chi connectivity index (χ3v) is 5.77. The van der Waals surface area contributed by atoms with Gasteiger partial charge in [-0.05, 0) is 45.6 Å². The average Bonchev–Trinajstić information content (AvgIpc) is 2.95. The number of aliphatic imine (C=N–C) groups is 1. The molecule has 166 valence electrons. The van der Waals surface area contributed by atoms with Crippen LogP contribution in [0.2, 0.25) is 0 Å². The molecule has 4 rings (SSSR count). The number of carbonyl (C=O) groups is 1. The van der Waals surface area contributed by atoms with Gasteiger partial charge in [0.2, 0.25) is 0 Å². The van der Waals surface area contributed by atoms with Crippen molar-refractivity contribution < 1.29 is 14.3 Å². The Morgan fingerprint density at radius 2 is 1.71 bits per heavy atom. The SMILES string of the molecule is CC(=O)Oc1c2c(c3c(c1C(C)C)CC(C)(C)N=C3c1ccccc1)CC(C)(C)O2.Cl. The first-order valence-corrected chi connectivity index (χ1v) is 10.7. The Labute approximate surface area is 191 Å². The molecule has 0 aromatic heterocycles. The molecule has 31 heavy (non-hydrogen) atoms. The van der Waals surface area contributed by atoms with Crippen molar-refractivity contribution >= 4 is 24.1 Å². The van der Waals surface area contributed by atoms with E-state index in [4.69, 9.17) is 14.5 Å². The van der Waals surface area contributed by atoms with Crippen molar-refractivity contribution in [2.75, 3.05) is 0 Å². The van der Waals surface area contributed by atoms with E-state index >= 15 is 0 Å². The zero-order chi connectivity index (χ0) is 21.8. The number of esters is 1. The van der Waals surface area contributed by atoms with E-state index < -0.39 is 0 Å². The van der Waals surface area contributed by atoms with Crippen molar-refractivity contribution in [1.29, 1.82) is 0 Å². The number of hydrogen-bond donors (Lipinski definition) is 0. The molecule has 2 aromatic carbocycles. The van der Waals surface area contributed by atoms with Crippen LogP contribution in [0.15, 0.2) is 35.3 Å². The first-order chi connectivity index (χ1) is 14.0. The molecule has 5 heteroatoms. The molecule has 0 amide bonds. The number of rotatable bonds is 3. The molecule has 2 aliphatic rings. The quantitative estimate of drug-likeness (QED) is 0.430. The van der Waals surface area contributed by atoms with Gasteiger partial charge in [0, 0.05) is 35.6 Å². The Kier molecular flexibility index (Phi) is 6.01. The average molecular weight is 442 g/mol. The first-order valence-electron chi connectivity index (χ1n) is 10.7. The summed E-state index contributed by atoms with van der Waals surface area (Å²) in [6, 6.07) is 10.4. The standard InChI is InChI=1S/C26H31NO3.ClH/c1-15(2)20-18-13-25(4,5)27-22(17-11-9-8-10-12-17)21(18)19-14-26(6,7)30-23(19)24(20)29-16(3)28;/h8-12,15H,13-14H2,1-7H3;1H. The highest BCUT2D eigenvalue weighted by Crippen LogP contribution is 2.52. The van der Waals surface area contributed by atoms with Crippen LogP contribution in [0.3, 0.4) is 0 Å². The van der Waals surface area contributed by atoms with Gasteiger partial charge in [-0.1, -0.05) is 44.2 Å². The predicted molar refractivity (Wildman–Crippen MR) is 127 cm³/mol. The van der Waals surface area contributed by atoms with Crippen LogP contribution in [-0.2, 0) is 17.6 Å². The lowest BCUT2D eigenvalue weighted by atomic mass is 9.76. The fraction of sp³-hybridized carbons (Fsp3) is 0.462. The number of carbonyl (C=O) groups excluding carboxylic acids is 1. The third kappa shape index (κ3) is 4.23. The van der Waals surface area contributed by atoms with Crippen LogP contribution in [0.1, 0.15) is 82.2 Å². The van der Waals surface area contributed by atoms with E-state index in [1.54, 1.807) is 0 Å². The zero-order valence-corrected chi connectivity index (χ0v) is 20.3. The highest BCUT2D eigenvalue weighted by atomic mass is 35.5. The molecule has 0 bridgehead atoms. The summed E-state index contributed by atoms with van der Waals surface area (Å²) >= 11 is 0. The Hall–Kier alpha value is -2.33. The molecule has 0 aliphatic carbocycles. The first kappa shape index (κ1) is 23.3. The Balaban J connectivity index is 0.00000272. The van der Waals surface area contributed by atoms with Crippen LogP contribution >= 0.6 is 12.4 Å². The number of halogens is 1. The number of nitrogens with zero attached hydrogens (tertiary/aromatic N) is 1. The summed E-state index contributed by atoms with van der Waals surface area (Å²) in [6.45, 7) is 14.3. The van der Waals surface area contributed by atoms with Crippen molar-refractivity contribution in [1.82, 2.24) is 0 Å². The van der Waals surface area contributed by atoms with Crippen molar-refractivity contribution in [3.63, 3.8) is 0 Å². The van der Waals surface area contributed by atoms with Gasteiger partial charge < -0.3 is 9.47 Å². The summed E-state index contributed by atoms with van der Waals surface area (Å²) in [5.74, 6) is 1.17. The van der Waals surface area contributed by atoms with E-state index in [0.29, 0.717) is 11.5 Å². The van der Waals surface area contributed by atoms with Crippen LogP contribution in [0.4, 0.5) is 0 Å². The summed E-state index contributed by atoms with van der Waals surface area (Å²) in [4.78, 5) is 17.2. The second kappa shape index (κ2) is 7.98. The maximum absolute atomic E-state index is 12.0. The minimum Gasteiger partial charge on any atom is -0.483 e. The highest BCUT2D eigenvalue weighted by molar-refractivity contribution is 6.16. The maximum Gasteiger partial charge on any atom is 0.308 e. The molecule has 0 unspecified atom stereocenters. The molecule has 0 spiro atoms. The van der Waals surface area contributed by atoms with Crippen molar-refractivity contribution in [2.24, 2.45) is 4.99 Å². The summed E-state index contributed by atoms with van der Waals surface area (Å²) in [5.41, 5.74) is 6.07. The Morgan fingerprint density at radius 1 is 1.06 bits per heavy atom. The van der Waals surface area contributed by atoms with E-state index in [-0.39, 0.29) is 35.4 Å². The summed E-state index contributed by atoms with van der Waals surface area (Å²) < 4.78 is 12.2. The van der Waals surface area contributed by atoms with Crippen LogP contribution in [-0.4, -0.2) is 22.8 Å². The van der Waals surface area contributed by atoms with Crippen LogP contribution in [0.5, 0.6) is 11.5 Å². The van der Waals surface area contributed by atoms with Gasteiger partial charge in [-0.3, -0.25) is 9.79 Å². The second-order valence-electron chi connectivity index (χ2n) is 10.0. The molecule has 2 aromatic rings. The monoisotopic (exact) mass is 441 g/mol. The lowest BCUT2D eigenvalue weighted by Gasteiger charge is -2.34. The normalized spacial score (nSPS) is 17.7. The van der Waals surface area contributed by atoms with Crippen LogP contribution in [0, 0.1) is 0 Å². The lowest BCUT2D eigenvalue weighted by molar-refractivity contribution is -0.132.